The first-order chi connectivity index (χ1) is 7.07. The number of carbonyl (C=O) groups excluding carboxylic acids is 1. The van der Waals surface area contributed by atoms with Crippen LogP contribution in [0.5, 0.6) is 0 Å². The minimum atomic E-state index is -0.334. The van der Waals surface area contributed by atoms with E-state index in [2.05, 4.69) is 15.9 Å². The van der Waals surface area contributed by atoms with Crippen molar-refractivity contribution in [3.05, 3.63) is 44.4 Å². The summed E-state index contributed by atoms with van der Waals surface area (Å²) >= 11 is 14.8. The van der Waals surface area contributed by atoms with Crippen LogP contribution in [-0.4, -0.2) is 5.78 Å². The predicted octanol–water partition coefficient (Wildman–Crippen LogP) is 4.02. The molecule has 0 N–H and O–H groups in total. The summed E-state index contributed by atoms with van der Waals surface area (Å²) in [5, 5.41) is 8.95. The summed E-state index contributed by atoms with van der Waals surface area (Å²) in [6, 6.07) is 4.81. The highest BCUT2D eigenvalue weighted by Gasteiger charge is 2.12. The second kappa shape index (κ2) is 5.32. The average Bonchev–Trinajstić information content (AvgIpc) is 2.23. The van der Waals surface area contributed by atoms with E-state index in [0.717, 1.165) is 12.2 Å². The predicted molar refractivity (Wildman–Crippen MR) is 63.2 cm³/mol. The van der Waals surface area contributed by atoms with Crippen LogP contribution in [0.1, 0.15) is 10.4 Å². The number of nitriles is 1. The van der Waals surface area contributed by atoms with Crippen molar-refractivity contribution in [1.82, 2.24) is 0 Å². The SMILES string of the molecule is N#C/C=C/C(=O)c1ccc(Cl)c(Br)c1Cl. The Kier molecular flexibility index (Phi) is 4.34. The van der Waals surface area contributed by atoms with E-state index in [-0.39, 0.29) is 10.8 Å². The first kappa shape index (κ1) is 12.3. The number of ketones is 1. The van der Waals surface area contributed by atoms with Crippen molar-refractivity contribution in [3.8, 4) is 6.07 Å². The molecule has 0 atom stereocenters. The molecule has 15 heavy (non-hydrogen) atoms. The average molecular weight is 305 g/mol. The summed E-state index contributed by atoms with van der Waals surface area (Å²) in [6.07, 6.45) is 2.25. The first-order valence-electron chi connectivity index (χ1n) is 3.82. The van der Waals surface area contributed by atoms with Crippen molar-refractivity contribution in [3.63, 3.8) is 0 Å². The van der Waals surface area contributed by atoms with E-state index in [4.69, 9.17) is 28.5 Å². The zero-order valence-corrected chi connectivity index (χ0v) is 10.4. The van der Waals surface area contributed by atoms with Gasteiger partial charge in [0.25, 0.3) is 0 Å². The molecule has 0 saturated carbocycles. The van der Waals surface area contributed by atoms with Gasteiger partial charge in [0, 0.05) is 11.6 Å². The molecule has 0 saturated heterocycles. The molecule has 0 aliphatic rings. The Balaban J connectivity index is 3.18. The molecular weight excluding hydrogens is 301 g/mol. The fraction of sp³-hybridized carbons (Fsp3) is 0. The topological polar surface area (TPSA) is 40.9 Å². The highest BCUT2D eigenvalue weighted by atomic mass is 79.9. The quantitative estimate of drug-likeness (QED) is 0.358. The number of benzene rings is 1. The maximum atomic E-state index is 11.5. The standard InChI is InChI=1S/C10H4BrCl2NO/c11-9-7(12)4-3-6(10(9)13)8(15)2-1-5-14/h1-4H/b2-1+. The maximum absolute atomic E-state index is 11.5. The lowest BCUT2D eigenvalue weighted by Crippen LogP contribution is -1.96. The van der Waals surface area contributed by atoms with E-state index in [0.29, 0.717) is 15.1 Å². The van der Waals surface area contributed by atoms with E-state index in [1.54, 1.807) is 12.1 Å². The van der Waals surface area contributed by atoms with Gasteiger partial charge in [-0.1, -0.05) is 23.2 Å². The molecule has 1 aromatic carbocycles. The Morgan fingerprint density at radius 3 is 2.73 bits per heavy atom. The normalized spacial score (nSPS) is 10.3. The van der Waals surface area contributed by atoms with Gasteiger partial charge in [0.1, 0.15) is 0 Å². The third-order valence-electron chi connectivity index (χ3n) is 1.61. The van der Waals surface area contributed by atoms with Gasteiger partial charge in [-0.2, -0.15) is 5.26 Å². The molecule has 0 aliphatic heterocycles. The summed E-state index contributed by atoms with van der Waals surface area (Å²) in [5.41, 5.74) is 0.305. The number of halogens is 3. The Morgan fingerprint density at radius 1 is 1.47 bits per heavy atom. The van der Waals surface area contributed by atoms with Crippen LogP contribution in [-0.2, 0) is 0 Å². The first-order valence-corrected chi connectivity index (χ1v) is 5.36. The molecule has 0 amide bonds. The third kappa shape index (κ3) is 2.82. The van der Waals surface area contributed by atoms with Gasteiger partial charge in [-0.15, -0.1) is 0 Å². The lowest BCUT2D eigenvalue weighted by Gasteiger charge is -2.03. The summed E-state index contributed by atoms with van der Waals surface area (Å²) in [6.45, 7) is 0. The fourth-order valence-electron chi connectivity index (χ4n) is 0.919. The van der Waals surface area contributed by atoms with E-state index >= 15 is 0 Å². The lowest BCUT2D eigenvalue weighted by molar-refractivity contribution is 0.104. The number of nitrogens with zero attached hydrogens (tertiary/aromatic N) is 1. The largest absolute Gasteiger partial charge is 0.289 e. The molecule has 0 fully saturated rings. The van der Waals surface area contributed by atoms with Crippen molar-refractivity contribution in [2.75, 3.05) is 0 Å². The molecule has 0 aromatic heterocycles. The third-order valence-corrected chi connectivity index (χ3v) is 3.60. The molecular formula is C10H4BrCl2NO. The lowest BCUT2D eigenvalue weighted by atomic mass is 10.1. The van der Waals surface area contributed by atoms with Crippen LogP contribution in [0, 0.1) is 11.3 Å². The summed E-state index contributed by atoms with van der Waals surface area (Å²) in [7, 11) is 0. The van der Waals surface area contributed by atoms with Crippen LogP contribution < -0.4 is 0 Å². The Morgan fingerprint density at radius 2 is 2.13 bits per heavy atom. The van der Waals surface area contributed by atoms with Crippen LogP contribution in [0.4, 0.5) is 0 Å². The van der Waals surface area contributed by atoms with E-state index in [9.17, 15) is 4.79 Å². The van der Waals surface area contributed by atoms with Crippen molar-refractivity contribution in [2.24, 2.45) is 0 Å². The van der Waals surface area contributed by atoms with Gasteiger partial charge in [-0.25, -0.2) is 0 Å². The van der Waals surface area contributed by atoms with Gasteiger partial charge in [-0.3, -0.25) is 4.79 Å². The Hall–Kier alpha value is -0.820. The number of allylic oxidation sites excluding steroid dienone is 2. The molecule has 0 heterocycles. The van der Waals surface area contributed by atoms with Gasteiger partial charge < -0.3 is 0 Å². The molecule has 0 radical (unpaired) electrons. The smallest absolute Gasteiger partial charge is 0.188 e. The van der Waals surface area contributed by atoms with Crippen molar-refractivity contribution in [2.45, 2.75) is 0 Å². The zero-order chi connectivity index (χ0) is 11.4. The van der Waals surface area contributed by atoms with Gasteiger partial charge >= 0.3 is 0 Å². The Labute approximate surface area is 105 Å². The zero-order valence-electron chi connectivity index (χ0n) is 7.30. The minimum Gasteiger partial charge on any atom is -0.289 e. The van der Waals surface area contributed by atoms with Crippen LogP contribution in [0.2, 0.25) is 10.0 Å². The van der Waals surface area contributed by atoms with Gasteiger partial charge in [-0.05, 0) is 34.1 Å². The minimum absolute atomic E-state index is 0.245. The Bertz CT molecular complexity index is 477. The maximum Gasteiger partial charge on any atom is 0.188 e. The summed E-state index contributed by atoms with van der Waals surface area (Å²) in [4.78, 5) is 11.5. The molecule has 0 spiro atoms. The van der Waals surface area contributed by atoms with E-state index < -0.39 is 0 Å². The molecule has 1 rings (SSSR count). The second-order valence-electron chi connectivity index (χ2n) is 2.55. The van der Waals surface area contributed by atoms with Gasteiger partial charge in [0.2, 0.25) is 0 Å². The van der Waals surface area contributed by atoms with Crippen LogP contribution >= 0.6 is 39.1 Å². The van der Waals surface area contributed by atoms with Crippen molar-refractivity contribution < 1.29 is 4.79 Å². The monoisotopic (exact) mass is 303 g/mol. The van der Waals surface area contributed by atoms with Crippen molar-refractivity contribution >= 4 is 44.9 Å². The molecule has 1 aromatic rings. The second-order valence-corrected chi connectivity index (χ2v) is 4.13. The number of carbonyl (C=O) groups is 1. The van der Waals surface area contributed by atoms with Gasteiger partial charge in [0.05, 0.1) is 20.6 Å². The highest BCUT2D eigenvalue weighted by Crippen LogP contribution is 2.33. The van der Waals surface area contributed by atoms with E-state index in [1.165, 1.54) is 6.07 Å². The number of hydrogen-bond donors (Lipinski definition) is 0. The molecule has 0 aliphatic carbocycles. The van der Waals surface area contributed by atoms with Crippen LogP contribution in [0.25, 0.3) is 0 Å². The molecule has 76 valence electrons. The highest BCUT2D eigenvalue weighted by molar-refractivity contribution is 9.10. The van der Waals surface area contributed by atoms with Crippen LogP contribution in [0.15, 0.2) is 28.8 Å². The molecule has 0 unspecified atom stereocenters. The molecule has 0 bridgehead atoms. The molecule has 5 heteroatoms. The fourth-order valence-corrected chi connectivity index (χ4v) is 1.73. The molecule has 2 nitrogen and oxygen atoms in total. The number of hydrogen-bond acceptors (Lipinski definition) is 2. The summed E-state index contributed by atoms with van der Waals surface area (Å²) < 4.78 is 0.474. The number of rotatable bonds is 2. The van der Waals surface area contributed by atoms with Crippen molar-refractivity contribution in [1.29, 1.82) is 5.26 Å². The van der Waals surface area contributed by atoms with Gasteiger partial charge in [0.15, 0.2) is 5.78 Å². The van der Waals surface area contributed by atoms with Crippen LogP contribution in [0.3, 0.4) is 0 Å². The van der Waals surface area contributed by atoms with E-state index in [1.807, 2.05) is 0 Å². The summed E-state index contributed by atoms with van der Waals surface area (Å²) in [5.74, 6) is -0.334.